The van der Waals surface area contributed by atoms with Gasteiger partial charge >= 0.3 is 0 Å². The van der Waals surface area contributed by atoms with Crippen LogP contribution in [-0.2, 0) is 4.79 Å². The molecule has 1 aliphatic rings. The predicted molar refractivity (Wildman–Crippen MR) is 48.9 cm³/mol. The number of halogens is 2. The van der Waals surface area contributed by atoms with Crippen molar-refractivity contribution in [3.8, 4) is 0 Å². The summed E-state index contributed by atoms with van der Waals surface area (Å²) in [5, 5.41) is 2.45. The minimum Gasteiger partial charge on any atom is -0.359 e. The van der Waals surface area contributed by atoms with E-state index in [2.05, 4.69) is 5.32 Å². The summed E-state index contributed by atoms with van der Waals surface area (Å²) in [6.07, 6.45) is -1.33. The van der Waals surface area contributed by atoms with Gasteiger partial charge in [0.15, 0.2) is 0 Å². The Balaban J connectivity index is 2.75. The van der Waals surface area contributed by atoms with E-state index < -0.39 is 11.8 Å². The van der Waals surface area contributed by atoms with Gasteiger partial charge in [0.2, 0.25) is 12.3 Å². The Morgan fingerprint density at radius 3 is 2.71 bits per heavy atom. The van der Waals surface area contributed by atoms with Gasteiger partial charge in [-0.15, -0.1) is 0 Å². The molecule has 0 heterocycles. The first kappa shape index (κ1) is 11.4. The minimum atomic E-state index is -2.45. The maximum Gasteiger partial charge on any atom is 0.239 e. The van der Waals surface area contributed by atoms with Gasteiger partial charge in [0, 0.05) is 19.5 Å². The summed E-state index contributed by atoms with van der Waals surface area (Å²) in [6, 6.07) is -0.119. The number of hydrogen-bond acceptors (Lipinski definition) is 2. The quantitative estimate of drug-likeness (QED) is 0.720. The van der Waals surface area contributed by atoms with Crippen LogP contribution in [0.3, 0.4) is 0 Å². The fourth-order valence-electron chi connectivity index (χ4n) is 2.21. The molecule has 0 aromatic carbocycles. The summed E-state index contributed by atoms with van der Waals surface area (Å²) in [5.74, 6) is -0.300. The van der Waals surface area contributed by atoms with E-state index in [1.807, 2.05) is 0 Å². The van der Waals surface area contributed by atoms with E-state index in [1.165, 1.54) is 7.05 Å². The summed E-state index contributed by atoms with van der Waals surface area (Å²) in [6.45, 7) is 0. The van der Waals surface area contributed by atoms with Crippen molar-refractivity contribution in [2.45, 2.75) is 38.2 Å². The van der Waals surface area contributed by atoms with E-state index >= 15 is 0 Å². The zero-order chi connectivity index (χ0) is 10.8. The molecular formula is C9H16F2N2O. The highest BCUT2D eigenvalue weighted by Crippen LogP contribution is 2.42. The first-order valence-electron chi connectivity index (χ1n) is 4.76. The van der Waals surface area contributed by atoms with Crippen molar-refractivity contribution >= 4 is 5.91 Å². The molecule has 5 heteroatoms. The Labute approximate surface area is 82.0 Å². The van der Waals surface area contributed by atoms with Crippen LogP contribution in [0.1, 0.15) is 25.7 Å². The van der Waals surface area contributed by atoms with Crippen LogP contribution in [0.15, 0.2) is 0 Å². The van der Waals surface area contributed by atoms with Gasteiger partial charge in [-0.1, -0.05) is 0 Å². The Morgan fingerprint density at radius 1 is 1.71 bits per heavy atom. The molecule has 0 aromatic heterocycles. The fourth-order valence-corrected chi connectivity index (χ4v) is 2.21. The molecule has 1 fully saturated rings. The molecule has 1 aliphatic carbocycles. The molecule has 0 aromatic rings. The van der Waals surface area contributed by atoms with Crippen LogP contribution in [0.4, 0.5) is 8.78 Å². The highest BCUT2D eigenvalue weighted by molar-refractivity contribution is 5.82. The van der Waals surface area contributed by atoms with Crippen LogP contribution in [0.2, 0.25) is 0 Å². The van der Waals surface area contributed by atoms with Gasteiger partial charge in [-0.05, 0) is 19.3 Å². The summed E-state index contributed by atoms with van der Waals surface area (Å²) in [7, 11) is 1.47. The lowest BCUT2D eigenvalue weighted by Gasteiger charge is -2.26. The maximum atomic E-state index is 12.3. The Morgan fingerprint density at radius 2 is 2.36 bits per heavy atom. The number of nitrogens with two attached hydrogens (primary N) is 1. The zero-order valence-corrected chi connectivity index (χ0v) is 8.22. The third-order valence-electron chi connectivity index (χ3n) is 2.90. The first-order chi connectivity index (χ1) is 6.50. The van der Waals surface area contributed by atoms with Crippen molar-refractivity contribution in [2.24, 2.45) is 11.1 Å². The Bertz CT molecular complexity index is 223. The number of carbonyl (C=O) groups is 1. The van der Waals surface area contributed by atoms with Crippen molar-refractivity contribution in [2.75, 3.05) is 7.05 Å². The van der Waals surface area contributed by atoms with Crippen LogP contribution in [-0.4, -0.2) is 25.4 Å². The van der Waals surface area contributed by atoms with Gasteiger partial charge in [-0.25, -0.2) is 8.78 Å². The van der Waals surface area contributed by atoms with E-state index in [-0.39, 0.29) is 18.4 Å². The molecule has 1 saturated carbocycles. The van der Waals surface area contributed by atoms with Crippen LogP contribution in [0.5, 0.6) is 0 Å². The number of alkyl halides is 2. The van der Waals surface area contributed by atoms with E-state index in [0.29, 0.717) is 19.3 Å². The van der Waals surface area contributed by atoms with Gasteiger partial charge in [0.05, 0.1) is 5.41 Å². The number of amides is 1. The average molecular weight is 206 g/mol. The molecule has 0 radical (unpaired) electrons. The molecule has 14 heavy (non-hydrogen) atoms. The van der Waals surface area contributed by atoms with Crippen molar-refractivity contribution < 1.29 is 13.6 Å². The lowest BCUT2D eigenvalue weighted by molar-refractivity contribution is -0.132. The molecule has 0 spiro atoms. The average Bonchev–Trinajstić information content (AvgIpc) is 2.46. The monoisotopic (exact) mass is 206 g/mol. The number of nitrogens with one attached hydrogen (secondary N) is 1. The molecule has 3 nitrogen and oxygen atoms in total. The second-order valence-electron chi connectivity index (χ2n) is 3.96. The van der Waals surface area contributed by atoms with Gasteiger partial charge in [-0.3, -0.25) is 4.79 Å². The number of hydrogen-bond donors (Lipinski definition) is 2. The summed E-state index contributed by atoms with van der Waals surface area (Å²) >= 11 is 0. The van der Waals surface area contributed by atoms with Gasteiger partial charge in [-0.2, -0.15) is 0 Å². The van der Waals surface area contributed by atoms with E-state index in [4.69, 9.17) is 5.73 Å². The SMILES string of the molecule is CNC(=O)C1(CC(F)F)CCC(N)C1. The van der Waals surface area contributed by atoms with Crippen LogP contribution in [0, 0.1) is 5.41 Å². The number of rotatable bonds is 3. The third-order valence-corrected chi connectivity index (χ3v) is 2.90. The molecule has 1 amide bonds. The summed E-state index contributed by atoms with van der Waals surface area (Å²) in [4.78, 5) is 11.5. The zero-order valence-electron chi connectivity index (χ0n) is 8.22. The molecular weight excluding hydrogens is 190 g/mol. The Hall–Kier alpha value is -0.710. The Kier molecular flexibility index (Phi) is 3.42. The molecule has 3 N–H and O–H groups in total. The molecule has 1 rings (SSSR count). The lowest BCUT2D eigenvalue weighted by atomic mass is 9.81. The second-order valence-corrected chi connectivity index (χ2v) is 3.96. The normalized spacial score (nSPS) is 32.2. The lowest BCUT2D eigenvalue weighted by Crippen LogP contribution is -2.39. The van der Waals surface area contributed by atoms with E-state index in [9.17, 15) is 13.6 Å². The second kappa shape index (κ2) is 4.21. The summed E-state index contributed by atoms with van der Waals surface area (Å²) in [5.41, 5.74) is 4.73. The highest BCUT2D eigenvalue weighted by atomic mass is 19.3. The minimum absolute atomic E-state index is 0.119. The standard InChI is InChI=1S/C9H16F2N2O/c1-13-8(14)9(5-7(10)11)3-2-6(12)4-9/h6-7H,2-5,12H2,1H3,(H,13,14). The van der Waals surface area contributed by atoms with Crippen molar-refractivity contribution in [3.63, 3.8) is 0 Å². The summed E-state index contributed by atoms with van der Waals surface area (Å²) < 4.78 is 24.7. The molecule has 0 saturated heterocycles. The smallest absolute Gasteiger partial charge is 0.239 e. The first-order valence-corrected chi connectivity index (χ1v) is 4.76. The molecule has 2 unspecified atom stereocenters. The van der Waals surface area contributed by atoms with Crippen molar-refractivity contribution in [3.05, 3.63) is 0 Å². The molecule has 0 bridgehead atoms. The predicted octanol–water partition coefficient (Wildman–Crippen LogP) is 0.885. The van der Waals surface area contributed by atoms with E-state index in [1.54, 1.807) is 0 Å². The van der Waals surface area contributed by atoms with E-state index in [0.717, 1.165) is 0 Å². The maximum absolute atomic E-state index is 12.3. The molecule has 82 valence electrons. The molecule has 0 aliphatic heterocycles. The van der Waals surface area contributed by atoms with Gasteiger partial charge in [0.1, 0.15) is 0 Å². The third kappa shape index (κ3) is 2.20. The van der Waals surface area contributed by atoms with Crippen LogP contribution < -0.4 is 11.1 Å². The highest BCUT2D eigenvalue weighted by Gasteiger charge is 2.45. The van der Waals surface area contributed by atoms with Crippen molar-refractivity contribution in [1.29, 1.82) is 0 Å². The largest absolute Gasteiger partial charge is 0.359 e. The molecule has 2 atom stereocenters. The van der Waals surface area contributed by atoms with Crippen molar-refractivity contribution in [1.82, 2.24) is 5.32 Å². The van der Waals surface area contributed by atoms with Gasteiger partial charge < -0.3 is 11.1 Å². The fraction of sp³-hybridized carbons (Fsp3) is 0.889. The number of carbonyl (C=O) groups excluding carboxylic acids is 1. The van der Waals surface area contributed by atoms with Gasteiger partial charge in [0.25, 0.3) is 0 Å². The van der Waals surface area contributed by atoms with Crippen LogP contribution >= 0.6 is 0 Å². The topological polar surface area (TPSA) is 55.1 Å². The van der Waals surface area contributed by atoms with Crippen LogP contribution in [0.25, 0.3) is 0 Å².